The second-order valence-corrected chi connectivity index (χ2v) is 9.18. The number of anilines is 3. The van der Waals surface area contributed by atoms with E-state index in [2.05, 4.69) is 49.7 Å². The monoisotopic (exact) mass is 520 g/mol. The minimum absolute atomic E-state index is 0.193. The van der Waals surface area contributed by atoms with Crippen molar-refractivity contribution in [1.29, 1.82) is 0 Å². The molecular weight excluding hydrogens is 480 g/mol. The molecule has 0 fully saturated rings. The average Bonchev–Trinajstić information content (AvgIpc) is 2.88. The van der Waals surface area contributed by atoms with E-state index in [4.69, 9.17) is 0 Å². The van der Waals surface area contributed by atoms with Crippen molar-refractivity contribution in [3.8, 4) is 11.8 Å². The number of carbonyl (C=O) groups is 2. The SMILES string of the molecule is CCCNc1nc(Nc2ccnc(C)c2)ncc1C#CCCCNC(=O)[C@H](C)N(C)C(=O)/C=C/CN(C)C. The molecule has 0 spiro atoms. The molecule has 2 rings (SSSR count). The van der Waals surface area contributed by atoms with Crippen molar-refractivity contribution in [3.05, 3.63) is 47.9 Å². The van der Waals surface area contributed by atoms with Gasteiger partial charge in [-0.05, 0) is 52.9 Å². The Morgan fingerprint density at radius 3 is 2.68 bits per heavy atom. The summed E-state index contributed by atoms with van der Waals surface area (Å²) in [7, 11) is 5.48. The first kappa shape index (κ1) is 30.3. The Bertz CT molecular complexity index is 1150. The molecule has 0 aliphatic rings. The van der Waals surface area contributed by atoms with Gasteiger partial charge in [0, 0.05) is 56.8 Å². The van der Waals surface area contributed by atoms with Gasteiger partial charge in [-0.2, -0.15) is 4.98 Å². The second-order valence-electron chi connectivity index (χ2n) is 9.18. The number of hydrogen-bond acceptors (Lipinski definition) is 8. The van der Waals surface area contributed by atoms with Gasteiger partial charge in [-0.15, -0.1) is 0 Å². The largest absolute Gasteiger partial charge is 0.369 e. The number of aromatic nitrogens is 3. The van der Waals surface area contributed by atoms with Crippen molar-refractivity contribution >= 4 is 29.3 Å². The van der Waals surface area contributed by atoms with Crippen molar-refractivity contribution in [1.82, 2.24) is 30.1 Å². The molecule has 2 amide bonds. The van der Waals surface area contributed by atoms with Crippen LogP contribution in [-0.4, -0.2) is 83.4 Å². The van der Waals surface area contributed by atoms with Crippen LogP contribution < -0.4 is 16.0 Å². The Hall–Kier alpha value is -3.97. The van der Waals surface area contributed by atoms with Gasteiger partial charge in [0.05, 0.1) is 11.8 Å². The smallest absolute Gasteiger partial charge is 0.246 e. The van der Waals surface area contributed by atoms with Crippen molar-refractivity contribution < 1.29 is 9.59 Å². The highest BCUT2D eigenvalue weighted by Gasteiger charge is 2.20. The lowest BCUT2D eigenvalue weighted by Gasteiger charge is -2.23. The van der Waals surface area contributed by atoms with Crippen LogP contribution in [0.2, 0.25) is 0 Å². The van der Waals surface area contributed by atoms with Crippen molar-refractivity contribution in [3.63, 3.8) is 0 Å². The molecular formula is C28H40N8O2. The molecule has 0 saturated heterocycles. The molecule has 3 N–H and O–H groups in total. The first-order valence-corrected chi connectivity index (χ1v) is 12.9. The van der Waals surface area contributed by atoms with Crippen LogP contribution in [0.5, 0.6) is 0 Å². The zero-order valence-corrected chi connectivity index (χ0v) is 23.3. The number of carbonyl (C=O) groups excluding carboxylic acids is 2. The fourth-order valence-corrected chi connectivity index (χ4v) is 3.21. The molecule has 204 valence electrons. The van der Waals surface area contributed by atoms with E-state index in [1.165, 1.54) is 11.0 Å². The van der Waals surface area contributed by atoms with Crippen LogP contribution in [0.4, 0.5) is 17.5 Å². The zero-order chi connectivity index (χ0) is 27.9. The maximum absolute atomic E-state index is 12.4. The Morgan fingerprint density at radius 2 is 1.97 bits per heavy atom. The van der Waals surface area contributed by atoms with Gasteiger partial charge in [0.1, 0.15) is 11.9 Å². The summed E-state index contributed by atoms with van der Waals surface area (Å²) in [4.78, 5) is 41.3. The molecule has 0 unspecified atom stereocenters. The highest BCUT2D eigenvalue weighted by molar-refractivity contribution is 5.92. The summed E-state index contributed by atoms with van der Waals surface area (Å²) in [5, 5.41) is 9.40. The maximum Gasteiger partial charge on any atom is 0.246 e. The average molecular weight is 521 g/mol. The number of amides is 2. The van der Waals surface area contributed by atoms with Gasteiger partial charge in [0.15, 0.2) is 0 Å². The Labute approximate surface area is 226 Å². The summed E-state index contributed by atoms with van der Waals surface area (Å²) in [5.74, 6) is 7.05. The number of aryl methyl sites for hydroxylation is 1. The second kappa shape index (κ2) is 16.0. The molecule has 38 heavy (non-hydrogen) atoms. The number of unbranched alkanes of at least 4 members (excludes halogenated alkanes) is 1. The number of rotatable bonds is 13. The van der Waals surface area contributed by atoms with Gasteiger partial charge in [-0.25, -0.2) is 4.98 Å². The summed E-state index contributed by atoms with van der Waals surface area (Å²) >= 11 is 0. The van der Waals surface area contributed by atoms with Crippen LogP contribution >= 0.6 is 0 Å². The van der Waals surface area contributed by atoms with Crippen molar-refractivity contribution in [2.24, 2.45) is 0 Å². The van der Waals surface area contributed by atoms with E-state index in [0.29, 0.717) is 37.7 Å². The molecule has 2 aromatic heterocycles. The van der Waals surface area contributed by atoms with E-state index in [0.717, 1.165) is 29.9 Å². The number of nitrogens with one attached hydrogen (secondary N) is 3. The first-order chi connectivity index (χ1) is 18.2. The van der Waals surface area contributed by atoms with Gasteiger partial charge >= 0.3 is 0 Å². The predicted molar refractivity (Wildman–Crippen MR) is 152 cm³/mol. The highest BCUT2D eigenvalue weighted by atomic mass is 16.2. The summed E-state index contributed by atoms with van der Waals surface area (Å²) in [6.45, 7) is 7.63. The van der Waals surface area contributed by atoms with E-state index in [1.54, 1.807) is 32.4 Å². The van der Waals surface area contributed by atoms with Crippen LogP contribution in [0.3, 0.4) is 0 Å². The van der Waals surface area contributed by atoms with Gasteiger partial charge in [0.2, 0.25) is 17.8 Å². The molecule has 0 radical (unpaired) electrons. The molecule has 2 aromatic rings. The Kier molecular flexibility index (Phi) is 12.7. The predicted octanol–water partition coefficient (Wildman–Crippen LogP) is 2.96. The van der Waals surface area contributed by atoms with E-state index < -0.39 is 6.04 Å². The van der Waals surface area contributed by atoms with Crippen molar-refractivity contribution in [2.45, 2.75) is 46.1 Å². The van der Waals surface area contributed by atoms with E-state index in [9.17, 15) is 9.59 Å². The lowest BCUT2D eigenvalue weighted by atomic mass is 10.2. The fraction of sp³-hybridized carbons (Fsp3) is 0.464. The number of pyridine rings is 1. The number of nitrogens with zero attached hydrogens (tertiary/aromatic N) is 5. The third-order valence-corrected chi connectivity index (χ3v) is 5.52. The maximum atomic E-state index is 12.4. The summed E-state index contributed by atoms with van der Waals surface area (Å²) in [5.41, 5.74) is 2.49. The molecule has 0 saturated carbocycles. The van der Waals surface area contributed by atoms with E-state index >= 15 is 0 Å². The summed E-state index contributed by atoms with van der Waals surface area (Å²) in [6.07, 6.45) is 8.95. The van der Waals surface area contributed by atoms with Gasteiger partial charge in [-0.1, -0.05) is 24.8 Å². The fourth-order valence-electron chi connectivity index (χ4n) is 3.21. The van der Waals surface area contributed by atoms with Crippen molar-refractivity contribution in [2.75, 3.05) is 51.4 Å². The minimum atomic E-state index is -0.565. The van der Waals surface area contributed by atoms with Crippen LogP contribution in [-0.2, 0) is 9.59 Å². The Balaban J connectivity index is 1.87. The van der Waals surface area contributed by atoms with Crippen LogP contribution in [0.15, 0.2) is 36.7 Å². The van der Waals surface area contributed by atoms with E-state index in [-0.39, 0.29) is 11.8 Å². The van der Waals surface area contributed by atoms with Crippen LogP contribution in [0.1, 0.15) is 44.4 Å². The normalized spacial score (nSPS) is 11.6. The molecule has 0 aromatic carbocycles. The van der Waals surface area contributed by atoms with Gasteiger partial charge in [0.25, 0.3) is 0 Å². The summed E-state index contributed by atoms with van der Waals surface area (Å²) in [6, 6.07) is 3.22. The zero-order valence-electron chi connectivity index (χ0n) is 23.3. The Morgan fingerprint density at radius 1 is 1.18 bits per heavy atom. The van der Waals surface area contributed by atoms with Gasteiger partial charge < -0.3 is 25.8 Å². The lowest BCUT2D eigenvalue weighted by molar-refractivity contribution is -0.135. The first-order valence-electron chi connectivity index (χ1n) is 12.9. The number of likely N-dealkylation sites (N-methyl/N-ethyl adjacent to an activating group) is 2. The molecule has 1 atom stereocenters. The molecule has 10 nitrogen and oxygen atoms in total. The quantitative estimate of drug-likeness (QED) is 0.210. The summed E-state index contributed by atoms with van der Waals surface area (Å²) < 4.78 is 0. The van der Waals surface area contributed by atoms with E-state index in [1.807, 2.05) is 38.1 Å². The third-order valence-electron chi connectivity index (χ3n) is 5.52. The third kappa shape index (κ3) is 10.6. The molecule has 0 aliphatic heterocycles. The van der Waals surface area contributed by atoms with Crippen LogP contribution in [0, 0.1) is 18.8 Å². The molecule has 2 heterocycles. The van der Waals surface area contributed by atoms with Crippen LogP contribution in [0.25, 0.3) is 0 Å². The molecule has 0 bridgehead atoms. The highest BCUT2D eigenvalue weighted by Crippen LogP contribution is 2.17. The van der Waals surface area contributed by atoms with Gasteiger partial charge in [-0.3, -0.25) is 14.6 Å². The molecule has 10 heteroatoms. The molecule has 0 aliphatic carbocycles. The topological polar surface area (TPSA) is 115 Å². The lowest BCUT2D eigenvalue weighted by Crippen LogP contribution is -2.45. The number of hydrogen-bond donors (Lipinski definition) is 3. The minimum Gasteiger partial charge on any atom is -0.369 e. The standard InChI is InChI=1S/C28H40N8O2/c1-7-15-30-26-23(20-32-28(34-26)33-24-14-17-29-21(2)19-24)12-9-8-10-16-31-27(38)22(3)36(6)25(37)13-11-18-35(4)5/h11,13-14,17,19-20,22H,7-8,10,15-16,18H2,1-6H3,(H,31,38)(H2,29,30,32,33,34)/b13-11+/t22-/m0/s1.